The van der Waals surface area contributed by atoms with Crippen molar-refractivity contribution in [3.8, 4) is 28.1 Å². The molecule has 0 amide bonds. The van der Waals surface area contributed by atoms with Crippen LogP contribution in [-0.2, 0) is 5.41 Å². The van der Waals surface area contributed by atoms with E-state index in [4.69, 9.17) is 22.1 Å². The number of allylic oxidation sites excluding steroid dienone is 1. The number of nitrogens with two attached hydrogens (primary N) is 1. The Labute approximate surface area is 196 Å². The van der Waals surface area contributed by atoms with Crippen molar-refractivity contribution in [2.75, 3.05) is 0 Å². The first-order valence-electron chi connectivity index (χ1n) is 9.78. The highest BCUT2D eigenvalue weighted by molar-refractivity contribution is 7.19. The number of halogens is 4. The lowest BCUT2D eigenvalue weighted by Crippen LogP contribution is -2.41. The number of thiophene rings is 1. The van der Waals surface area contributed by atoms with Crippen molar-refractivity contribution in [3.63, 3.8) is 0 Å². The molecule has 1 aliphatic heterocycles. The standard InChI is InChI=1S/C22H18ClF3N4O2S/c1-10(2)21(15(9-27)19(28)31-20-18(21)11(3)29-30-20)13-6-12(16-4-5-17(23)33-16)7-14(8-13)32-22(24,25)26/h4-8,10H,28H2,1-3H3,(H,29,30). The molecule has 3 aromatic rings. The van der Waals surface area contributed by atoms with Crippen molar-refractivity contribution in [2.24, 2.45) is 11.7 Å². The van der Waals surface area contributed by atoms with Gasteiger partial charge in [-0.25, -0.2) is 0 Å². The zero-order valence-corrected chi connectivity index (χ0v) is 19.2. The summed E-state index contributed by atoms with van der Waals surface area (Å²) in [7, 11) is 0. The lowest BCUT2D eigenvalue weighted by molar-refractivity contribution is -0.274. The van der Waals surface area contributed by atoms with Crippen molar-refractivity contribution in [1.29, 1.82) is 5.26 Å². The van der Waals surface area contributed by atoms with Crippen LogP contribution in [0.4, 0.5) is 13.2 Å². The summed E-state index contributed by atoms with van der Waals surface area (Å²) >= 11 is 7.28. The maximum absolute atomic E-state index is 13.2. The minimum atomic E-state index is -4.91. The lowest BCUT2D eigenvalue weighted by atomic mass is 9.61. The Morgan fingerprint density at radius 2 is 2.03 bits per heavy atom. The van der Waals surface area contributed by atoms with E-state index >= 15 is 0 Å². The van der Waals surface area contributed by atoms with Gasteiger partial charge in [-0.3, -0.25) is 5.10 Å². The van der Waals surface area contributed by atoms with Gasteiger partial charge in [0.25, 0.3) is 0 Å². The number of hydrogen-bond donors (Lipinski definition) is 2. The highest BCUT2D eigenvalue weighted by Crippen LogP contribution is 2.53. The molecule has 1 unspecified atom stereocenters. The fourth-order valence-corrected chi connectivity index (χ4v) is 5.42. The maximum atomic E-state index is 13.2. The number of hydrogen-bond acceptors (Lipinski definition) is 6. The summed E-state index contributed by atoms with van der Waals surface area (Å²) < 4.78 is 50.0. The Bertz CT molecular complexity index is 1310. The predicted molar refractivity (Wildman–Crippen MR) is 118 cm³/mol. The molecule has 1 atom stereocenters. The van der Waals surface area contributed by atoms with E-state index in [0.717, 1.165) is 0 Å². The molecular weight excluding hydrogens is 477 g/mol. The monoisotopic (exact) mass is 494 g/mol. The first-order valence-corrected chi connectivity index (χ1v) is 11.0. The fourth-order valence-electron chi connectivity index (χ4n) is 4.39. The van der Waals surface area contributed by atoms with Crippen molar-refractivity contribution >= 4 is 22.9 Å². The third-order valence-electron chi connectivity index (χ3n) is 5.59. The molecule has 11 heteroatoms. The summed E-state index contributed by atoms with van der Waals surface area (Å²) in [6, 6.07) is 9.76. The summed E-state index contributed by atoms with van der Waals surface area (Å²) in [5, 5.41) is 17.1. The number of nitrogens with one attached hydrogen (secondary N) is 1. The number of fused-ring (bicyclic) bond motifs is 1. The second-order valence-electron chi connectivity index (χ2n) is 7.84. The molecule has 33 heavy (non-hydrogen) atoms. The third-order valence-corrected chi connectivity index (χ3v) is 6.87. The van der Waals surface area contributed by atoms with Gasteiger partial charge in [0, 0.05) is 10.6 Å². The van der Waals surface area contributed by atoms with Crippen molar-refractivity contribution < 1.29 is 22.6 Å². The number of nitrogens with zero attached hydrogens (tertiary/aromatic N) is 2. The number of alkyl halides is 3. The number of ether oxygens (including phenoxy) is 2. The number of H-pyrrole nitrogens is 1. The number of aryl methyl sites for hydroxylation is 1. The molecule has 0 spiro atoms. The molecule has 172 valence electrons. The van der Waals surface area contributed by atoms with Gasteiger partial charge in [-0.05, 0) is 54.3 Å². The molecular formula is C22H18ClF3N4O2S. The average Bonchev–Trinajstić information content (AvgIpc) is 3.31. The van der Waals surface area contributed by atoms with Gasteiger partial charge in [-0.2, -0.15) is 5.26 Å². The summed E-state index contributed by atoms with van der Waals surface area (Å²) in [4.78, 5) is 0.638. The minimum Gasteiger partial charge on any atom is -0.420 e. The quantitative estimate of drug-likeness (QED) is 0.461. The van der Waals surface area contributed by atoms with Gasteiger partial charge in [0.2, 0.25) is 11.8 Å². The summed E-state index contributed by atoms with van der Waals surface area (Å²) in [6.45, 7) is 5.45. The predicted octanol–water partition coefficient (Wildman–Crippen LogP) is 6.03. The lowest BCUT2D eigenvalue weighted by Gasteiger charge is -2.41. The van der Waals surface area contributed by atoms with Crippen LogP contribution in [0.15, 0.2) is 41.8 Å². The van der Waals surface area contributed by atoms with E-state index in [1.54, 1.807) is 25.1 Å². The molecule has 0 fully saturated rings. The Hall–Kier alpha value is -3.16. The highest BCUT2D eigenvalue weighted by atomic mass is 35.5. The van der Waals surface area contributed by atoms with Crippen LogP contribution in [0.2, 0.25) is 4.34 Å². The number of nitriles is 1. The third kappa shape index (κ3) is 3.81. The Balaban J connectivity index is 2.09. The molecule has 3 heterocycles. The molecule has 3 N–H and O–H groups in total. The molecule has 0 bridgehead atoms. The zero-order valence-electron chi connectivity index (χ0n) is 17.7. The molecule has 1 aromatic carbocycles. The van der Waals surface area contributed by atoms with E-state index in [1.807, 2.05) is 13.8 Å². The zero-order chi connectivity index (χ0) is 24.1. The smallest absolute Gasteiger partial charge is 0.420 e. The van der Waals surface area contributed by atoms with Crippen molar-refractivity contribution in [1.82, 2.24) is 10.2 Å². The SMILES string of the molecule is Cc1[nH]nc2c1C(c1cc(OC(F)(F)F)cc(-c3ccc(Cl)s3)c1)(C(C)C)C(C#N)=C(N)O2. The average molecular weight is 495 g/mol. The summed E-state index contributed by atoms with van der Waals surface area (Å²) in [5.74, 6) is -0.746. The van der Waals surface area contributed by atoms with Gasteiger partial charge < -0.3 is 15.2 Å². The second kappa shape index (κ2) is 8.01. The topological polar surface area (TPSA) is 97.0 Å². The fraction of sp³-hybridized carbons (Fsp3) is 0.273. The van der Waals surface area contributed by atoms with E-state index < -0.39 is 17.5 Å². The van der Waals surface area contributed by atoms with Gasteiger partial charge in [-0.15, -0.1) is 29.6 Å². The minimum absolute atomic E-state index is 0.0776. The van der Waals surface area contributed by atoms with Crippen LogP contribution in [0.3, 0.4) is 0 Å². The molecule has 0 saturated carbocycles. The van der Waals surface area contributed by atoms with Gasteiger partial charge in [0.15, 0.2) is 0 Å². The number of rotatable bonds is 4. The summed E-state index contributed by atoms with van der Waals surface area (Å²) in [5.41, 5.74) is 6.91. The van der Waals surface area contributed by atoms with Crippen LogP contribution in [-0.4, -0.2) is 16.6 Å². The van der Waals surface area contributed by atoms with Crippen LogP contribution in [0.1, 0.15) is 30.7 Å². The van der Waals surface area contributed by atoms with Gasteiger partial charge >= 0.3 is 6.36 Å². The molecule has 0 saturated heterocycles. The van der Waals surface area contributed by atoms with E-state index in [0.29, 0.717) is 31.6 Å². The Morgan fingerprint density at radius 3 is 2.61 bits per heavy atom. The van der Waals surface area contributed by atoms with Gasteiger partial charge in [0.05, 0.1) is 15.3 Å². The second-order valence-corrected chi connectivity index (χ2v) is 9.56. The van der Waals surface area contributed by atoms with Crippen LogP contribution in [0.25, 0.3) is 10.4 Å². The molecule has 6 nitrogen and oxygen atoms in total. The Morgan fingerprint density at radius 1 is 1.30 bits per heavy atom. The largest absolute Gasteiger partial charge is 0.573 e. The van der Waals surface area contributed by atoms with Crippen LogP contribution >= 0.6 is 22.9 Å². The molecule has 4 rings (SSSR count). The van der Waals surface area contributed by atoms with Crippen molar-refractivity contribution in [3.05, 3.63) is 62.9 Å². The first kappa shape index (κ1) is 23.0. The molecule has 0 radical (unpaired) electrons. The first-order chi connectivity index (χ1) is 15.5. The number of benzene rings is 1. The van der Waals surface area contributed by atoms with Crippen LogP contribution in [0, 0.1) is 24.2 Å². The molecule has 0 aliphatic carbocycles. The normalized spacial score (nSPS) is 18.2. The van der Waals surface area contributed by atoms with Crippen LogP contribution < -0.4 is 15.2 Å². The molecule has 1 aliphatic rings. The number of aromatic amines is 1. The van der Waals surface area contributed by atoms with E-state index in [2.05, 4.69) is 21.0 Å². The Kier molecular flexibility index (Phi) is 5.58. The number of aromatic nitrogens is 2. The highest BCUT2D eigenvalue weighted by Gasteiger charge is 2.51. The van der Waals surface area contributed by atoms with Gasteiger partial charge in [0.1, 0.15) is 17.4 Å². The summed E-state index contributed by atoms with van der Waals surface area (Å²) in [6.07, 6.45) is -4.91. The van der Waals surface area contributed by atoms with Crippen molar-refractivity contribution in [2.45, 2.75) is 32.5 Å². The van der Waals surface area contributed by atoms with Gasteiger partial charge in [-0.1, -0.05) is 25.4 Å². The maximum Gasteiger partial charge on any atom is 0.573 e. The van der Waals surface area contributed by atoms with Crippen LogP contribution in [0.5, 0.6) is 11.6 Å². The van der Waals surface area contributed by atoms with E-state index in [1.165, 1.54) is 23.5 Å². The van der Waals surface area contributed by atoms with E-state index in [9.17, 15) is 18.4 Å². The molecule has 2 aromatic heterocycles. The van der Waals surface area contributed by atoms with E-state index in [-0.39, 0.29) is 23.3 Å².